The molecule has 6 heteroatoms. The zero-order chi connectivity index (χ0) is 18.6. The Kier molecular flexibility index (Phi) is 6.01. The molecule has 0 radical (unpaired) electrons. The van der Waals surface area contributed by atoms with Gasteiger partial charge in [0.1, 0.15) is 5.82 Å². The monoisotopic (exact) mass is 358 g/mol. The fourth-order valence-corrected chi connectivity index (χ4v) is 3.62. The third-order valence-electron chi connectivity index (χ3n) is 5.36. The molecule has 0 bridgehead atoms. The van der Waals surface area contributed by atoms with Crippen LogP contribution in [-0.2, 0) is 6.54 Å². The largest absolute Gasteiger partial charge is 0.357 e. The minimum atomic E-state index is 0.377. The highest BCUT2D eigenvalue weighted by atomic mass is 15.3. The van der Waals surface area contributed by atoms with E-state index < -0.39 is 0 Å². The van der Waals surface area contributed by atoms with Crippen LogP contribution in [0.2, 0.25) is 0 Å². The van der Waals surface area contributed by atoms with Crippen LogP contribution >= 0.6 is 0 Å². The minimum Gasteiger partial charge on any atom is -0.357 e. The highest BCUT2D eigenvalue weighted by molar-refractivity contribution is 5.80. The molecular weight excluding hydrogens is 324 g/mol. The lowest BCUT2D eigenvalue weighted by Gasteiger charge is -2.33. The summed E-state index contributed by atoms with van der Waals surface area (Å²) < 4.78 is 0. The summed E-state index contributed by atoms with van der Waals surface area (Å²) in [6.45, 7) is 14.8. The molecule has 2 saturated heterocycles. The number of nitrogens with one attached hydrogen (secondary N) is 1. The van der Waals surface area contributed by atoms with Crippen molar-refractivity contribution in [2.45, 2.75) is 33.7 Å². The fourth-order valence-electron chi connectivity index (χ4n) is 3.62. The van der Waals surface area contributed by atoms with Crippen LogP contribution in [0.1, 0.15) is 32.8 Å². The molecule has 1 aromatic heterocycles. The summed E-state index contributed by atoms with van der Waals surface area (Å²) in [6, 6.07) is 4.31. The predicted molar refractivity (Wildman–Crippen MR) is 109 cm³/mol. The standard InChI is InChI=1S/C20H34N6/c1-5-21-19(26-9-8-20(2,3)16-26)23-15-17-6-7-18(22-14-17)25-12-10-24(4)11-13-25/h6-7,14H,5,8-13,15-16H2,1-4H3,(H,21,23). The Bertz CT molecular complexity index is 601. The smallest absolute Gasteiger partial charge is 0.194 e. The van der Waals surface area contributed by atoms with E-state index in [2.05, 4.69) is 65.0 Å². The van der Waals surface area contributed by atoms with Crippen molar-refractivity contribution < 1.29 is 0 Å². The second-order valence-electron chi connectivity index (χ2n) is 8.32. The highest BCUT2D eigenvalue weighted by Gasteiger charge is 2.30. The lowest BCUT2D eigenvalue weighted by Crippen LogP contribution is -2.44. The van der Waals surface area contributed by atoms with Crippen molar-refractivity contribution in [3.05, 3.63) is 23.9 Å². The maximum atomic E-state index is 4.85. The van der Waals surface area contributed by atoms with Gasteiger partial charge in [-0.15, -0.1) is 0 Å². The van der Waals surface area contributed by atoms with Crippen molar-refractivity contribution in [3.63, 3.8) is 0 Å². The van der Waals surface area contributed by atoms with Crippen molar-refractivity contribution in [2.75, 3.05) is 57.8 Å². The van der Waals surface area contributed by atoms with Crippen molar-refractivity contribution in [2.24, 2.45) is 10.4 Å². The lowest BCUT2D eigenvalue weighted by molar-refractivity contribution is 0.312. The van der Waals surface area contributed by atoms with Gasteiger partial charge in [0.05, 0.1) is 6.54 Å². The Labute approximate surface area is 158 Å². The van der Waals surface area contributed by atoms with Crippen molar-refractivity contribution in [3.8, 4) is 0 Å². The number of anilines is 1. The molecule has 0 spiro atoms. The number of pyridine rings is 1. The molecular formula is C20H34N6. The molecule has 0 saturated carbocycles. The number of likely N-dealkylation sites (N-methyl/N-ethyl adjacent to an activating group) is 1. The van der Waals surface area contributed by atoms with Crippen LogP contribution in [0.25, 0.3) is 0 Å². The van der Waals surface area contributed by atoms with E-state index in [1.807, 2.05) is 6.20 Å². The minimum absolute atomic E-state index is 0.377. The first-order chi connectivity index (χ1) is 12.5. The van der Waals surface area contributed by atoms with Crippen LogP contribution < -0.4 is 10.2 Å². The molecule has 2 aliphatic heterocycles. The molecule has 144 valence electrons. The maximum absolute atomic E-state index is 4.85. The van der Waals surface area contributed by atoms with Crippen LogP contribution in [0.4, 0.5) is 5.82 Å². The van der Waals surface area contributed by atoms with E-state index in [-0.39, 0.29) is 0 Å². The number of piperazine rings is 1. The summed E-state index contributed by atoms with van der Waals surface area (Å²) >= 11 is 0. The Morgan fingerprint density at radius 2 is 1.96 bits per heavy atom. The Morgan fingerprint density at radius 1 is 1.19 bits per heavy atom. The number of guanidine groups is 1. The van der Waals surface area contributed by atoms with Crippen LogP contribution in [0.3, 0.4) is 0 Å². The van der Waals surface area contributed by atoms with E-state index in [1.165, 1.54) is 6.42 Å². The Morgan fingerprint density at radius 3 is 2.54 bits per heavy atom. The van der Waals surface area contributed by atoms with Gasteiger partial charge in [0.15, 0.2) is 5.96 Å². The first-order valence-electron chi connectivity index (χ1n) is 9.88. The van der Waals surface area contributed by atoms with Gasteiger partial charge < -0.3 is 20.0 Å². The van der Waals surface area contributed by atoms with Gasteiger partial charge in [-0.3, -0.25) is 0 Å². The van der Waals surface area contributed by atoms with Gasteiger partial charge in [-0.05, 0) is 37.4 Å². The summed E-state index contributed by atoms with van der Waals surface area (Å²) in [6.07, 6.45) is 3.20. The maximum Gasteiger partial charge on any atom is 0.194 e. The van der Waals surface area contributed by atoms with E-state index in [1.54, 1.807) is 0 Å². The molecule has 1 N–H and O–H groups in total. The van der Waals surface area contributed by atoms with Crippen LogP contribution in [0.5, 0.6) is 0 Å². The quantitative estimate of drug-likeness (QED) is 0.659. The average Bonchev–Trinajstić information content (AvgIpc) is 2.99. The van der Waals surface area contributed by atoms with Crippen molar-refractivity contribution in [1.29, 1.82) is 0 Å². The van der Waals surface area contributed by atoms with E-state index in [4.69, 9.17) is 4.99 Å². The van der Waals surface area contributed by atoms with Crippen LogP contribution in [0.15, 0.2) is 23.3 Å². The number of aliphatic imine (C=N–C) groups is 1. The van der Waals surface area contributed by atoms with Crippen LogP contribution in [-0.4, -0.2) is 73.6 Å². The molecule has 0 atom stereocenters. The second kappa shape index (κ2) is 8.25. The van der Waals surface area contributed by atoms with Gasteiger partial charge in [-0.2, -0.15) is 0 Å². The number of hydrogen-bond acceptors (Lipinski definition) is 4. The second-order valence-corrected chi connectivity index (χ2v) is 8.32. The predicted octanol–water partition coefficient (Wildman–Crippen LogP) is 2.03. The summed E-state index contributed by atoms with van der Waals surface area (Å²) in [5.41, 5.74) is 1.54. The van der Waals surface area contributed by atoms with E-state index in [0.717, 1.165) is 63.2 Å². The zero-order valence-corrected chi connectivity index (χ0v) is 16.8. The molecule has 0 unspecified atom stereocenters. The summed E-state index contributed by atoms with van der Waals surface area (Å²) in [5, 5.41) is 3.44. The molecule has 26 heavy (non-hydrogen) atoms. The van der Waals surface area contributed by atoms with Gasteiger partial charge in [0.2, 0.25) is 0 Å². The van der Waals surface area contributed by atoms with E-state index in [9.17, 15) is 0 Å². The number of likely N-dealkylation sites (tertiary alicyclic amines) is 1. The zero-order valence-electron chi connectivity index (χ0n) is 16.8. The molecule has 2 aliphatic rings. The third kappa shape index (κ3) is 4.87. The summed E-state index contributed by atoms with van der Waals surface area (Å²) in [5.74, 6) is 2.11. The fraction of sp³-hybridized carbons (Fsp3) is 0.700. The molecule has 3 heterocycles. The van der Waals surface area contributed by atoms with Gasteiger partial charge in [-0.25, -0.2) is 9.98 Å². The summed E-state index contributed by atoms with van der Waals surface area (Å²) in [4.78, 5) is 16.6. The van der Waals surface area contributed by atoms with Crippen molar-refractivity contribution in [1.82, 2.24) is 20.1 Å². The summed E-state index contributed by atoms with van der Waals surface area (Å²) in [7, 11) is 2.18. The lowest BCUT2D eigenvalue weighted by atomic mass is 9.93. The van der Waals surface area contributed by atoms with Gasteiger partial charge in [0.25, 0.3) is 0 Å². The normalized spacial score (nSPS) is 21.3. The number of aromatic nitrogens is 1. The molecule has 3 rings (SSSR count). The number of hydrogen-bond donors (Lipinski definition) is 1. The van der Waals surface area contributed by atoms with Crippen LogP contribution in [0, 0.1) is 5.41 Å². The molecule has 0 aliphatic carbocycles. The molecule has 0 amide bonds. The van der Waals surface area contributed by atoms with E-state index in [0.29, 0.717) is 12.0 Å². The molecule has 0 aromatic carbocycles. The Balaban J connectivity index is 1.61. The SMILES string of the molecule is CCNC(=NCc1ccc(N2CCN(C)CC2)nc1)N1CCC(C)(C)C1. The number of nitrogens with zero attached hydrogens (tertiary/aromatic N) is 5. The Hall–Kier alpha value is -1.82. The van der Waals surface area contributed by atoms with Gasteiger partial charge in [0, 0.05) is 52.0 Å². The topological polar surface area (TPSA) is 47.0 Å². The average molecular weight is 359 g/mol. The third-order valence-corrected chi connectivity index (χ3v) is 5.36. The molecule has 6 nitrogen and oxygen atoms in total. The van der Waals surface area contributed by atoms with E-state index >= 15 is 0 Å². The molecule has 2 fully saturated rings. The highest BCUT2D eigenvalue weighted by Crippen LogP contribution is 2.28. The molecule has 1 aromatic rings. The van der Waals surface area contributed by atoms with Gasteiger partial charge >= 0.3 is 0 Å². The first-order valence-corrected chi connectivity index (χ1v) is 9.88. The first kappa shape index (κ1) is 19.0. The van der Waals surface area contributed by atoms with Gasteiger partial charge in [-0.1, -0.05) is 19.9 Å². The number of rotatable bonds is 4. The van der Waals surface area contributed by atoms with Crippen molar-refractivity contribution >= 4 is 11.8 Å².